The summed E-state index contributed by atoms with van der Waals surface area (Å²) in [5, 5.41) is 0. The minimum absolute atomic E-state index is 0.0303. The Bertz CT molecular complexity index is 1020. The number of likely N-dealkylation sites (tertiary alicyclic amines) is 1. The summed E-state index contributed by atoms with van der Waals surface area (Å²) < 4.78 is 9.39. The monoisotopic (exact) mass is 474 g/mol. The molecular weight excluding hydrogens is 452 g/mol. The smallest absolute Gasteiger partial charge is 0.309 e. The van der Waals surface area contributed by atoms with Crippen LogP contribution in [0.25, 0.3) is 10.2 Å². The van der Waals surface area contributed by atoms with E-state index >= 15 is 0 Å². The summed E-state index contributed by atoms with van der Waals surface area (Å²) in [5.41, 5.74) is 2.93. The standard InChI is InChI=1S/C22H23BrN2O3S/c1-2-28-22(27)16-8-10-24(11-9-16)21(26)18-12-19-17(13-20(23)29-19)25(18)14-15-6-4-3-5-7-15/h3-7,12-13,16H,2,8-11,14H2,1H3. The number of piperidine rings is 1. The molecule has 7 heteroatoms. The number of aromatic nitrogens is 1. The lowest BCUT2D eigenvalue weighted by Crippen LogP contribution is -2.41. The highest BCUT2D eigenvalue weighted by atomic mass is 79.9. The summed E-state index contributed by atoms with van der Waals surface area (Å²) in [6.45, 7) is 4.03. The van der Waals surface area contributed by atoms with Gasteiger partial charge in [0.1, 0.15) is 5.69 Å². The average molecular weight is 475 g/mol. The van der Waals surface area contributed by atoms with Crippen LogP contribution < -0.4 is 0 Å². The Balaban J connectivity index is 1.57. The normalized spacial score (nSPS) is 15.0. The van der Waals surface area contributed by atoms with Crippen molar-refractivity contribution in [3.05, 3.63) is 57.5 Å². The van der Waals surface area contributed by atoms with Gasteiger partial charge >= 0.3 is 5.97 Å². The molecule has 0 spiro atoms. The molecule has 3 aromatic rings. The number of carbonyl (C=O) groups is 2. The van der Waals surface area contributed by atoms with Crippen LogP contribution in [0.1, 0.15) is 35.8 Å². The number of hydrogen-bond donors (Lipinski definition) is 0. The topological polar surface area (TPSA) is 51.5 Å². The van der Waals surface area contributed by atoms with Crippen LogP contribution in [0.3, 0.4) is 0 Å². The van der Waals surface area contributed by atoms with Crippen molar-refractivity contribution in [3.8, 4) is 0 Å². The summed E-state index contributed by atoms with van der Waals surface area (Å²) >= 11 is 5.20. The van der Waals surface area contributed by atoms with E-state index in [0.717, 1.165) is 19.6 Å². The van der Waals surface area contributed by atoms with Gasteiger partial charge in [0.2, 0.25) is 0 Å². The zero-order valence-corrected chi connectivity index (χ0v) is 18.7. The van der Waals surface area contributed by atoms with E-state index < -0.39 is 0 Å². The maximum absolute atomic E-state index is 13.3. The Hall–Kier alpha value is -2.12. The quantitative estimate of drug-likeness (QED) is 0.492. The molecule has 0 radical (unpaired) electrons. The van der Waals surface area contributed by atoms with Crippen LogP contribution in [0.2, 0.25) is 0 Å². The van der Waals surface area contributed by atoms with E-state index in [1.807, 2.05) is 36.1 Å². The molecule has 4 rings (SSSR count). The third-order valence-electron chi connectivity index (χ3n) is 5.36. The Morgan fingerprint density at radius 1 is 1.17 bits per heavy atom. The lowest BCUT2D eigenvalue weighted by Gasteiger charge is -2.31. The van der Waals surface area contributed by atoms with Gasteiger partial charge in [0, 0.05) is 19.6 Å². The Morgan fingerprint density at radius 2 is 1.90 bits per heavy atom. The second kappa shape index (κ2) is 8.71. The first-order valence-corrected chi connectivity index (χ1v) is 11.5. The SMILES string of the molecule is CCOC(=O)C1CCN(C(=O)c2cc3sc(Br)cc3n2Cc2ccccc2)CC1. The van der Waals surface area contributed by atoms with E-state index in [1.54, 1.807) is 11.3 Å². The second-order valence-electron chi connectivity index (χ2n) is 7.22. The van der Waals surface area contributed by atoms with Crippen LogP contribution >= 0.6 is 27.3 Å². The summed E-state index contributed by atoms with van der Waals surface area (Å²) in [7, 11) is 0. The van der Waals surface area contributed by atoms with Crippen molar-refractivity contribution in [3.63, 3.8) is 0 Å². The number of amides is 1. The van der Waals surface area contributed by atoms with Crippen molar-refractivity contribution in [2.45, 2.75) is 26.3 Å². The number of benzene rings is 1. The van der Waals surface area contributed by atoms with Gasteiger partial charge in [-0.2, -0.15) is 0 Å². The summed E-state index contributed by atoms with van der Waals surface area (Å²) in [5.74, 6) is -0.213. The van der Waals surface area contributed by atoms with Crippen LogP contribution in [0, 0.1) is 5.92 Å². The fourth-order valence-electron chi connectivity index (χ4n) is 3.87. The third-order valence-corrected chi connectivity index (χ3v) is 6.94. The zero-order chi connectivity index (χ0) is 20.4. The maximum Gasteiger partial charge on any atom is 0.309 e. The fraction of sp³-hybridized carbons (Fsp3) is 0.364. The first-order chi connectivity index (χ1) is 14.1. The molecule has 1 saturated heterocycles. The van der Waals surface area contributed by atoms with Crippen LogP contribution in [0.5, 0.6) is 0 Å². The van der Waals surface area contributed by atoms with Gasteiger partial charge in [-0.1, -0.05) is 30.3 Å². The highest BCUT2D eigenvalue weighted by molar-refractivity contribution is 9.11. The zero-order valence-electron chi connectivity index (χ0n) is 16.3. The largest absolute Gasteiger partial charge is 0.466 e. The van der Waals surface area contributed by atoms with Crippen LogP contribution in [0.15, 0.2) is 46.3 Å². The number of halogens is 1. The maximum atomic E-state index is 13.3. The third kappa shape index (κ3) is 4.26. The molecule has 1 aliphatic heterocycles. The van der Waals surface area contributed by atoms with Crippen LogP contribution in [-0.2, 0) is 16.1 Å². The predicted octanol–water partition coefficient (Wildman–Crippen LogP) is 4.93. The number of fused-ring (bicyclic) bond motifs is 1. The molecule has 0 aliphatic carbocycles. The molecule has 0 unspecified atom stereocenters. The van der Waals surface area contributed by atoms with E-state index in [4.69, 9.17) is 4.74 Å². The molecule has 1 fully saturated rings. The molecule has 1 aliphatic rings. The molecule has 1 amide bonds. The molecule has 1 aromatic carbocycles. The van der Waals surface area contributed by atoms with Gasteiger partial charge < -0.3 is 14.2 Å². The molecule has 0 saturated carbocycles. The molecule has 29 heavy (non-hydrogen) atoms. The predicted molar refractivity (Wildman–Crippen MR) is 118 cm³/mol. The Morgan fingerprint density at radius 3 is 2.59 bits per heavy atom. The van der Waals surface area contributed by atoms with E-state index in [1.165, 1.54) is 0 Å². The lowest BCUT2D eigenvalue weighted by molar-refractivity contribution is -0.149. The molecular formula is C22H23BrN2O3S. The number of esters is 1. The summed E-state index contributed by atoms with van der Waals surface area (Å²) in [6.07, 6.45) is 1.31. The van der Waals surface area contributed by atoms with Crippen molar-refractivity contribution in [2.75, 3.05) is 19.7 Å². The Labute approximate surface area is 182 Å². The minimum Gasteiger partial charge on any atom is -0.466 e. The van der Waals surface area contributed by atoms with Gasteiger partial charge in [0.05, 0.1) is 26.5 Å². The van der Waals surface area contributed by atoms with Gasteiger partial charge in [-0.3, -0.25) is 9.59 Å². The van der Waals surface area contributed by atoms with Crippen molar-refractivity contribution in [1.29, 1.82) is 0 Å². The van der Waals surface area contributed by atoms with Gasteiger partial charge in [-0.25, -0.2) is 0 Å². The van der Waals surface area contributed by atoms with Crippen LogP contribution in [0.4, 0.5) is 0 Å². The van der Waals surface area contributed by atoms with Crippen molar-refractivity contribution in [1.82, 2.24) is 9.47 Å². The molecule has 152 valence electrons. The van der Waals surface area contributed by atoms with E-state index in [-0.39, 0.29) is 17.8 Å². The highest BCUT2D eigenvalue weighted by Crippen LogP contribution is 2.34. The molecule has 0 N–H and O–H groups in total. The van der Waals surface area contributed by atoms with E-state index in [2.05, 4.69) is 38.7 Å². The number of hydrogen-bond acceptors (Lipinski definition) is 4. The summed E-state index contributed by atoms with van der Waals surface area (Å²) in [6, 6.07) is 14.2. The number of ether oxygens (including phenoxy) is 1. The number of rotatable bonds is 5. The number of carbonyl (C=O) groups excluding carboxylic acids is 2. The molecule has 0 bridgehead atoms. The summed E-state index contributed by atoms with van der Waals surface area (Å²) in [4.78, 5) is 27.2. The van der Waals surface area contributed by atoms with E-state index in [9.17, 15) is 9.59 Å². The number of nitrogens with zero attached hydrogens (tertiary/aromatic N) is 2. The van der Waals surface area contributed by atoms with Gasteiger partial charge in [0.15, 0.2) is 0 Å². The van der Waals surface area contributed by atoms with Crippen molar-refractivity contribution >= 4 is 49.4 Å². The van der Waals surface area contributed by atoms with Crippen LogP contribution in [-0.4, -0.2) is 41.0 Å². The molecule has 2 aromatic heterocycles. The van der Waals surface area contributed by atoms with E-state index in [0.29, 0.717) is 44.8 Å². The van der Waals surface area contributed by atoms with Crippen molar-refractivity contribution in [2.24, 2.45) is 5.92 Å². The number of thiophene rings is 1. The van der Waals surface area contributed by atoms with Gasteiger partial charge in [-0.15, -0.1) is 11.3 Å². The lowest BCUT2D eigenvalue weighted by atomic mass is 9.97. The first-order valence-electron chi connectivity index (χ1n) is 9.85. The molecule has 0 atom stereocenters. The Kier molecular flexibility index (Phi) is 6.06. The minimum atomic E-state index is -0.141. The highest BCUT2D eigenvalue weighted by Gasteiger charge is 2.30. The first kappa shape index (κ1) is 20.2. The van der Waals surface area contributed by atoms with Gasteiger partial charge in [-0.05, 0) is 53.4 Å². The second-order valence-corrected chi connectivity index (χ2v) is 9.68. The molecule has 5 nitrogen and oxygen atoms in total. The average Bonchev–Trinajstić information content (AvgIpc) is 3.25. The molecule has 3 heterocycles. The van der Waals surface area contributed by atoms with Gasteiger partial charge in [0.25, 0.3) is 5.91 Å². The fourth-order valence-corrected chi connectivity index (χ4v) is 5.43. The van der Waals surface area contributed by atoms with Crippen molar-refractivity contribution < 1.29 is 14.3 Å².